The minimum atomic E-state index is -0.519. The molecule has 1 aliphatic heterocycles. The Morgan fingerprint density at radius 3 is 2.81 bits per heavy atom. The smallest absolute Gasteiger partial charge is 0.339 e. The minimum Gasteiger partial charge on any atom is -0.476 e. The van der Waals surface area contributed by atoms with Crippen molar-refractivity contribution in [1.29, 1.82) is 0 Å². The van der Waals surface area contributed by atoms with E-state index < -0.39 is 5.97 Å². The first-order valence-corrected chi connectivity index (χ1v) is 12.9. The fourth-order valence-corrected chi connectivity index (χ4v) is 5.15. The van der Waals surface area contributed by atoms with E-state index in [-0.39, 0.29) is 16.7 Å². The third-order valence-electron chi connectivity index (χ3n) is 6.65. The van der Waals surface area contributed by atoms with Crippen LogP contribution in [0.2, 0.25) is 0 Å². The van der Waals surface area contributed by atoms with Crippen LogP contribution in [0.15, 0.2) is 45.9 Å². The summed E-state index contributed by atoms with van der Waals surface area (Å²) in [6.07, 6.45) is 5.11. The number of carbonyl (C=O) groups is 1. The number of nitrogens with two attached hydrogens (primary N) is 1. The van der Waals surface area contributed by atoms with Crippen LogP contribution in [0.3, 0.4) is 0 Å². The Morgan fingerprint density at radius 1 is 1.27 bits per heavy atom. The van der Waals surface area contributed by atoms with Crippen LogP contribution in [0.25, 0.3) is 11.1 Å². The number of piperidine rings is 1. The van der Waals surface area contributed by atoms with E-state index in [2.05, 4.69) is 38.2 Å². The van der Waals surface area contributed by atoms with E-state index in [9.17, 15) is 9.59 Å². The summed E-state index contributed by atoms with van der Waals surface area (Å²) in [6, 6.07) is 7.35. The van der Waals surface area contributed by atoms with Gasteiger partial charge in [0.1, 0.15) is 6.61 Å². The van der Waals surface area contributed by atoms with Crippen LogP contribution >= 0.6 is 15.9 Å². The standard InChI is InChI=1S/C26H33BrN6O4/c1-26(30-22-13-18(27)6-7-21(22)28)8-5-9-33(16-26)10-11-37-24-20(14-29-32(24)3)19-12-17(25(35)36-4)15-31(2)23(19)34/h6-7,12-15,30H,5,8-11,16,28H2,1-4H3. The van der Waals surface area contributed by atoms with Gasteiger partial charge in [0.2, 0.25) is 5.88 Å². The molecule has 37 heavy (non-hydrogen) atoms. The normalized spacial score (nSPS) is 18.0. The summed E-state index contributed by atoms with van der Waals surface area (Å²) in [5.74, 6) is -0.0477. The molecule has 0 amide bonds. The summed E-state index contributed by atoms with van der Waals surface area (Å²) in [5, 5.41) is 7.94. The van der Waals surface area contributed by atoms with Gasteiger partial charge in [0.15, 0.2) is 0 Å². The molecule has 0 spiro atoms. The number of likely N-dealkylation sites (tertiary alicyclic amines) is 1. The lowest BCUT2D eigenvalue weighted by Gasteiger charge is -2.42. The second kappa shape index (κ2) is 11.0. The highest BCUT2D eigenvalue weighted by atomic mass is 79.9. The van der Waals surface area contributed by atoms with Gasteiger partial charge in [-0.3, -0.25) is 9.69 Å². The molecule has 198 valence electrons. The highest BCUT2D eigenvalue weighted by Crippen LogP contribution is 2.31. The molecule has 4 rings (SSSR count). The number of nitrogens with zero attached hydrogens (tertiary/aromatic N) is 4. The average Bonchev–Trinajstić information content (AvgIpc) is 3.22. The number of esters is 1. The van der Waals surface area contributed by atoms with Crippen LogP contribution in [0, 0.1) is 0 Å². The number of nitrogen functional groups attached to an aromatic ring is 1. The van der Waals surface area contributed by atoms with Crippen LogP contribution in [-0.2, 0) is 18.8 Å². The summed E-state index contributed by atoms with van der Waals surface area (Å²) in [7, 11) is 4.66. The summed E-state index contributed by atoms with van der Waals surface area (Å²) < 4.78 is 14.9. The second-order valence-electron chi connectivity index (χ2n) is 9.68. The van der Waals surface area contributed by atoms with Gasteiger partial charge in [0.25, 0.3) is 5.56 Å². The Bertz CT molecular complexity index is 1350. The van der Waals surface area contributed by atoms with Crippen molar-refractivity contribution in [2.45, 2.75) is 25.3 Å². The summed E-state index contributed by atoms with van der Waals surface area (Å²) in [5.41, 5.74) is 8.58. The Morgan fingerprint density at radius 2 is 2.05 bits per heavy atom. The second-order valence-corrected chi connectivity index (χ2v) is 10.6. The molecule has 2 aromatic heterocycles. The zero-order valence-corrected chi connectivity index (χ0v) is 23.2. The van der Waals surface area contributed by atoms with Gasteiger partial charge in [0, 0.05) is 43.4 Å². The van der Waals surface area contributed by atoms with Gasteiger partial charge in [-0.25, -0.2) is 9.48 Å². The Kier molecular flexibility index (Phi) is 7.93. The topological polar surface area (TPSA) is 117 Å². The van der Waals surface area contributed by atoms with E-state index in [4.69, 9.17) is 15.2 Å². The lowest BCUT2D eigenvalue weighted by atomic mass is 9.90. The molecule has 3 N–H and O–H groups in total. The largest absolute Gasteiger partial charge is 0.476 e. The van der Waals surface area contributed by atoms with Crippen molar-refractivity contribution in [3.63, 3.8) is 0 Å². The van der Waals surface area contributed by atoms with Crippen LogP contribution < -0.4 is 21.3 Å². The number of methoxy groups -OCH3 is 1. The number of rotatable bonds is 8. The molecule has 1 fully saturated rings. The predicted molar refractivity (Wildman–Crippen MR) is 147 cm³/mol. The van der Waals surface area contributed by atoms with E-state index in [1.54, 1.807) is 25.0 Å². The van der Waals surface area contributed by atoms with Crippen molar-refractivity contribution in [2.24, 2.45) is 14.1 Å². The van der Waals surface area contributed by atoms with Crippen LogP contribution in [-0.4, -0.2) is 64.1 Å². The highest BCUT2D eigenvalue weighted by molar-refractivity contribution is 9.10. The summed E-state index contributed by atoms with van der Waals surface area (Å²) in [6.45, 7) is 5.13. The molecule has 0 saturated carbocycles. The number of hydrogen-bond donors (Lipinski definition) is 2. The molecule has 1 aromatic carbocycles. The quantitative estimate of drug-likeness (QED) is 0.312. The number of carbonyl (C=O) groups excluding carboxylic acids is 1. The zero-order valence-electron chi connectivity index (χ0n) is 21.6. The van der Waals surface area contributed by atoms with Crippen molar-refractivity contribution >= 4 is 33.3 Å². The number of pyridine rings is 1. The highest BCUT2D eigenvalue weighted by Gasteiger charge is 2.31. The number of benzene rings is 1. The van der Waals surface area contributed by atoms with E-state index in [0.29, 0.717) is 30.2 Å². The molecule has 10 nitrogen and oxygen atoms in total. The van der Waals surface area contributed by atoms with Gasteiger partial charge in [-0.1, -0.05) is 15.9 Å². The number of aromatic nitrogens is 3. The monoisotopic (exact) mass is 572 g/mol. The first-order valence-electron chi connectivity index (χ1n) is 12.1. The maximum Gasteiger partial charge on any atom is 0.339 e. The number of nitrogens with one attached hydrogen (secondary N) is 1. The Hall–Kier alpha value is -3.31. The molecule has 3 heterocycles. The molecular weight excluding hydrogens is 540 g/mol. The van der Waals surface area contributed by atoms with Crippen molar-refractivity contribution in [3.8, 4) is 17.0 Å². The van der Waals surface area contributed by atoms with Gasteiger partial charge >= 0.3 is 5.97 Å². The van der Waals surface area contributed by atoms with Gasteiger partial charge in [-0.2, -0.15) is 5.10 Å². The van der Waals surface area contributed by atoms with E-state index in [1.807, 2.05) is 18.2 Å². The van der Waals surface area contributed by atoms with E-state index >= 15 is 0 Å². The number of anilines is 2. The molecule has 1 atom stereocenters. The number of halogens is 1. The Balaban J connectivity index is 1.45. The number of hydrogen-bond acceptors (Lipinski definition) is 8. The maximum atomic E-state index is 12.9. The van der Waals surface area contributed by atoms with Crippen molar-refractivity contribution in [1.82, 2.24) is 19.2 Å². The van der Waals surface area contributed by atoms with Gasteiger partial charge in [-0.05, 0) is 50.6 Å². The lowest BCUT2D eigenvalue weighted by molar-refractivity contribution is 0.0599. The summed E-state index contributed by atoms with van der Waals surface area (Å²) >= 11 is 3.52. The van der Waals surface area contributed by atoms with Crippen molar-refractivity contribution < 1.29 is 14.3 Å². The maximum absolute atomic E-state index is 12.9. The van der Waals surface area contributed by atoms with Crippen LogP contribution in [0.5, 0.6) is 5.88 Å². The first kappa shape index (κ1) is 26.7. The average molecular weight is 573 g/mol. The van der Waals surface area contributed by atoms with Crippen molar-refractivity contribution in [3.05, 3.63) is 57.0 Å². The van der Waals surface area contributed by atoms with Crippen LogP contribution in [0.1, 0.15) is 30.1 Å². The molecule has 1 aliphatic rings. The summed E-state index contributed by atoms with van der Waals surface area (Å²) in [4.78, 5) is 27.3. The number of ether oxygens (including phenoxy) is 2. The third kappa shape index (κ3) is 5.99. The first-order chi connectivity index (χ1) is 17.6. The molecule has 0 bridgehead atoms. The lowest BCUT2D eigenvalue weighted by Crippen LogP contribution is -2.51. The molecular formula is C26H33BrN6O4. The minimum absolute atomic E-state index is 0.134. The molecule has 1 saturated heterocycles. The Labute approximate surface area is 224 Å². The molecule has 1 unspecified atom stereocenters. The molecule has 0 radical (unpaired) electrons. The fourth-order valence-electron chi connectivity index (χ4n) is 4.79. The van der Waals surface area contributed by atoms with Crippen molar-refractivity contribution in [2.75, 3.05) is 44.4 Å². The van der Waals surface area contributed by atoms with E-state index in [0.717, 1.165) is 41.8 Å². The van der Waals surface area contributed by atoms with Gasteiger partial charge in [0.05, 0.1) is 41.4 Å². The molecule has 0 aliphatic carbocycles. The predicted octanol–water partition coefficient (Wildman–Crippen LogP) is 3.26. The van der Waals surface area contributed by atoms with E-state index in [1.165, 1.54) is 23.9 Å². The SMILES string of the molecule is COC(=O)c1cc(-c2cnn(C)c2OCCN2CCCC(C)(Nc3cc(Br)ccc3N)C2)c(=O)n(C)c1. The molecule has 11 heteroatoms. The third-order valence-corrected chi connectivity index (χ3v) is 7.15. The van der Waals surface area contributed by atoms with Gasteiger partial charge in [-0.15, -0.1) is 0 Å². The molecule has 3 aromatic rings. The number of aryl methyl sites for hydroxylation is 2. The van der Waals surface area contributed by atoms with Gasteiger partial charge < -0.3 is 25.1 Å². The fraction of sp³-hybridized carbons (Fsp3) is 0.423. The zero-order chi connectivity index (χ0) is 26.7. The van der Waals surface area contributed by atoms with Crippen LogP contribution in [0.4, 0.5) is 11.4 Å².